The number of halogens is 2. The molecule has 0 bridgehead atoms. The van der Waals surface area contributed by atoms with E-state index in [1.54, 1.807) is 30.2 Å². The number of nitrogens with zero attached hydrogens (tertiary/aromatic N) is 2. The van der Waals surface area contributed by atoms with Gasteiger partial charge in [0.05, 0.1) is 11.6 Å². The highest BCUT2D eigenvalue weighted by Gasteiger charge is 2.45. The number of amides is 2. The largest absolute Gasteiger partial charge is 0.347 e. The van der Waals surface area contributed by atoms with Crippen LogP contribution in [0, 0.1) is 18.6 Å². The molecule has 2 saturated heterocycles. The third kappa shape index (κ3) is 4.63. The highest BCUT2D eigenvalue weighted by atomic mass is 19.1. The van der Waals surface area contributed by atoms with Crippen LogP contribution in [-0.4, -0.2) is 46.9 Å². The Balaban J connectivity index is 1.50. The number of hydrogen-bond donors (Lipinski definition) is 2. The van der Waals surface area contributed by atoms with Crippen molar-refractivity contribution in [3.63, 3.8) is 0 Å². The molecule has 0 unspecified atom stereocenters. The maximum atomic E-state index is 13.7. The Labute approximate surface area is 185 Å². The number of likely N-dealkylation sites (tertiary alicyclic amines) is 1. The number of carbonyl (C=O) groups excluding carboxylic acids is 2. The lowest BCUT2D eigenvalue weighted by molar-refractivity contribution is -0.168. The molecular weight excluding hydrogens is 418 g/mol. The van der Waals surface area contributed by atoms with Crippen molar-refractivity contribution in [2.24, 2.45) is 0 Å². The molecule has 2 N–H and O–H groups in total. The molecule has 2 amide bonds. The zero-order chi connectivity index (χ0) is 22.7. The van der Waals surface area contributed by atoms with E-state index in [0.717, 1.165) is 6.07 Å². The Morgan fingerprint density at radius 2 is 1.94 bits per heavy atom. The fourth-order valence-corrected chi connectivity index (χ4v) is 4.28. The van der Waals surface area contributed by atoms with Crippen molar-refractivity contribution in [2.75, 3.05) is 19.6 Å². The van der Waals surface area contributed by atoms with E-state index in [2.05, 4.69) is 15.8 Å². The average molecular weight is 444 g/mol. The summed E-state index contributed by atoms with van der Waals surface area (Å²) in [5, 5.41) is 2.92. The summed E-state index contributed by atoms with van der Waals surface area (Å²) < 4.78 is 27.5. The van der Waals surface area contributed by atoms with Crippen LogP contribution in [0.15, 0.2) is 36.5 Å². The van der Waals surface area contributed by atoms with Gasteiger partial charge in [0.25, 0.3) is 11.8 Å². The van der Waals surface area contributed by atoms with Crippen molar-refractivity contribution in [3.8, 4) is 0 Å². The molecule has 2 aliphatic heterocycles. The minimum Gasteiger partial charge on any atom is -0.347 e. The summed E-state index contributed by atoms with van der Waals surface area (Å²) in [5.41, 5.74) is 3.28. The van der Waals surface area contributed by atoms with Crippen molar-refractivity contribution in [2.45, 2.75) is 44.2 Å². The molecule has 7 nitrogen and oxygen atoms in total. The zero-order valence-corrected chi connectivity index (χ0v) is 17.9. The lowest BCUT2D eigenvalue weighted by atomic mass is 9.89. The Morgan fingerprint density at radius 1 is 1.22 bits per heavy atom. The van der Waals surface area contributed by atoms with Crippen LogP contribution in [0.4, 0.5) is 8.78 Å². The summed E-state index contributed by atoms with van der Waals surface area (Å²) in [5.74, 6) is -1.85. The van der Waals surface area contributed by atoms with Crippen molar-refractivity contribution in [3.05, 3.63) is 65.0 Å². The first-order chi connectivity index (χ1) is 15.4. The van der Waals surface area contributed by atoms with Crippen LogP contribution in [0.1, 0.15) is 53.3 Å². The van der Waals surface area contributed by atoms with E-state index in [4.69, 9.17) is 4.84 Å². The second kappa shape index (κ2) is 9.30. The second-order valence-corrected chi connectivity index (χ2v) is 8.29. The number of piperidine rings is 1. The number of carbonyl (C=O) groups is 2. The number of nitrogens with one attached hydrogen (secondary N) is 2. The molecule has 3 heterocycles. The molecule has 32 heavy (non-hydrogen) atoms. The van der Waals surface area contributed by atoms with Crippen LogP contribution in [-0.2, 0) is 9.63 Å². The van der Waals surface area contributed by atoms with Gasteiger partial charge >= 0.3 is 0 Å². The zero-order valence-electron chi connectivity index (χ0n) is 17.9. The number of pyridine rings is 1. The molecule has 1 aromatic heterocycles. The number of aryl methyl sites for hydroxylation is 1. The molecule has 2 aromatic rings. The summed E-state index contributed by atoms with van der Waals surface area (Å²) in [6, 6.07) is 6.21. The van der Waals surface area contributed by atoms with Crippen LogP contribution >= 0.6 is 0 Å². The summed E-state index contributed by atoms with van der Waals surface area (Å²) in [6.07, 6.45) is 3.37. The van der Waals surface area contributed by atoms with Gasteiger partial charge in [0.1, 0.15) is 11.6 Å². The van der Waals surface area contributed by atoms with Crippen LogP contribution in [0.5, 0.6) is 0 Å². The number of aromatic nitrogens is 1. The first kappa shape index (κ1) is 22.3. The number of benzene rings is 1. The topological polar surface area (TPSA) is 83.6 Å². The number of hydroxylamine groups is 1. The predicted octanol–water partition coefficient (Wildman–Crippen LogP) is 2.82. The number of rotatable bonds is 2. The standard InChI is InChI=1S/C23H26F2N4O3/c1-15-19(4-2-8-26-15)21(30)29-10-6-23(7-11-29)22(31)28-20(5-3-9-27-32-23)16-12-17(24)14-18(25)13-16/h2,4,8,12-14,20,27H,3,5-7,9-11H2,1H3,(H,28,31)/t20-/m0/s1. The van der Waals surface area contributed by atoms with Gasteiger partial charge in [0.2, 0.25) is 0 Å². The third-order valence-electron chi connectivity index (χ3n) is 6.14. The van der Waals surface area contributed by atoms with Gasteiger partial charge in [-0.2, -0.15) is 0 Å². The maximum Gasteiger partial charge on any atom is 0.255 e. The first-order valence-electron chi connectivity index (χ1n) is 10.8. The monoisotopic (exact) mass is 444 g/mol. The molecule has 0 saturated carbocycles. The highest BCUT2D eigenvalue weighted by molar-refractivity contribution is 5.95. The highest BCUT2D eigenvalue weighted by Crippen LogP contribution is 2.30. The summed E-state index contributed by atoms with van der Waals surface area (Å²) in [4.78, 5) is 37.9. The van der Waals surface area contributed by atoms with Gasteiger partial charge in [-0.15, -0.1) is 0 Å². The van der Waals surface area contributed by atoms with Crippen LogP contribution in [0.3, 0.4) is 0 Å². The Hall–Kier alpha value is -2.91. The van der Waals surface area contributed by atoms with Crippen molar-refractivity contribution in [1.82, 2.24) is 20.7 Å². The lowest BCUT2D eigenvalue weighted by Gasteiger charge is -2.40. The second-order valence-electron chi connectivity index (χ2n) is 8.29. The van der Waals surface area contributed by atoms with Gasteiger partial charge < -0.3 is 10.2 Å². The van der Waals surface area contributed by atoms with E-state index >= 15 is 0 Å². The molecule has 0 aliphatic carbocycles. The van der Waals surface area contributed by atoms with Crippen LogP contribution in [0.25, 0.3) is 0 Å². The molecule has 170 valence electrons. The number of hydrogen-bond acceptors (Lipinski definition) is 5. The lowest BCUT2D eigenvalue weighted by Crippen LogP contribution is -2.58. The minimum absolute atomic E-state index is 0.130. The molecule has 1 aromatic carbocycles. The molecule has 1 spiro atoms. The average Bonchev–Trinajstić information content (AvgIpc) is 2.84. The van der Waals surface area contributed by atoms with Crippen molar-refractivity contribution >= 4 is 11.8 Å². The Kier molecular flexibility index (Phi) is 6.48. The molecule has 2 fully saturated rings. The minimum atomic E-state index is -1.17. The molecule has 9 heteroatoms. The van der Waals surface area contributed by atoms with Crippen LogP contribution in [0.2, 0.25) is 0 Å². The Bertz CT molecular complexity index is 988. The third-order valence-corrected chi connectivity index (χ3v) is 6.14. The fraction of sp³-hybridized carbons (Fsp3) is 0.435. The van der Waals surface area contributed by atoms with Gasteiger partial charge in [0, 0.05) is 50.4 Å². The Morgan fingerprint density at radius 3 is 2.62 bits per heavy atom. The van der Waals surface area contributed by atoms with E-state index in [1.165, 1.54) is 12.1 Å². The van der Waals surface area contributed by atoms with Gasteiger partial charge in [0.15, 0.2) is 5.60 Å². The molecular formula is C23H26F2N4O3. The molecule has 1 atom stereocenters. The van der Waals surface area contributed by atoms with E-state index in [0.29, 0.717) is 62.1 Å². The summed E-state index contributed by atoms with van der Waals surface area (Å²) in [6.45, 7) is 2.94. The van der Waals surface area contributed by atoms with Gasteiger partial charge in [-0.3, -0.25) is 19.4 Å². The quantitative estimate of drug-likeness (QED) is 0.744. The van der Waals surface area contributed by atoms with E-state index in [-0.39, 0.29) is 11.8 Å². The molecule has 0 radical (unpaired) electrons. The summed E-state index contributed by atoms with van der Waals surface area (Å²) >= 11 is 0. The van der Waals surface area contributed by atoms with E-state index < -0.39 is 23.3 Å². The summed E-state index contributed by atoms with van der Waals surface area (Å²) in [7, 11) is 0. The SMILES string of the molecule is Cc1ncccc1C(=O)N1CCC2(CC1)ONCCC[C@@H](c1cc(F)cc(F)c1)NC2=O. The fourth-order valence-electron chi connectivity index (χ4n) is 4.28. The van der Waals surface area contributed by atoms with E-state index in [1.807, 2.05) is 0 Å². The first-order valence-corrected chi connectivity index (χ1v) is 10.8. The predicted molar refractivity (Wildman–Crippen MR) is 112 cm³/mol. The maximum absolute atomic E-state index is 13.7. The molecule has 4 rings (SSSR count). The molecule has 2 aliphatic rings. The van der Waals surface area contributed by atoms with Crippen molar-refractivity contribution < 1.29 is 23.2 Å². The van der Waals surface area contributed by atoms with Gasteiger partial charge in [-0.05, 0) is 49.6 Å². The van der Waals surface area contributed by atoms with Gasteiger partial charge in [-0.1, -0.05) is 0 Å². The van der Waals surface area contributed by atoms with Crippen molar-refractivity contribution in [1.29, 1.82) is 0 Å². The van der Waals surface area contributed by atoms with Gasteiger partial charge in [-0.25, -0.2) is 14.3 Å². The van der Waals surface area contributed by atoms with E-state index in [9.17, 15) is 18.4 Å². The normalized spacial score (nSPS) is 21.4. The smallest absolute Gasteiger partial charge is 0.255 e. The van der Waals surface area contributed by atoms with Crippen LogP contribution < -0.4 is 10.8 Å².